The van der Waals surface area contributed by atoms with Gasteiger partial charge in [-0.3, -0.25) is 15.1 Å². The van der Waals surface area contributed by atoms with Crippen LogP contribution < -0.4 is 11.2 Å². The van der Waals surface area contributed by atoms with Gasteiger partial charge in [0.15, 0.2) is 0 Å². The minimum atomic E-state index is -0.505. The highest BCUT2D eigenvalue weighted by molar-refractivity contribution is 5.90. The summed E-state index contributed by atoms with van der Waals surface area (Å²) in [5, 5.41) is 3.85. The van der Waals surface area contributed by atoms with Gasteiger partial charge in [0.2, 0.25) is 5.91 Å². The zero-order valence-corrected chi connectivity index (χ0v) is 13.8. The SMILES string of the molecule is CONC(=C=NOCc1ccccc1C=CC(N)=O)c1ccccc1. The molecule has 25 heavy (non-hydrogen) atoms. The fraction of sp³-hybridized carbons (Fsp3) is 0.105. The van der Waals surface area contributed by atoms with Crippen LogP contribution in [0.5, 0.6) is 0 Å². The van der Waals surface area contributed by atoms with E-state index in [0.717, 1.165) is 16.7 Å². The molecule has 0 bridgehead atoms. The van der Waals surface area contributed by atoms with E-state index >= 15 is 0 Å². The second-order valence-electron chi connectivity index (χ2n) is 4.96. The maximum absolute atomic E-state index is 10.9. The van der Waals surface area contributed by atoms with Gasteiger partial charge < -0.3 is 10.6 Å². The van der Waals surface area contributed by atoms with Crippen LogP contribution in [0.15, 0.2) is 65.8 Å². The van der Waals surface area contributed by atoms with Crippen molar-refractivity contribution < 1.29 is 14.5 Å². The van der Waals surface area contributed by atoms with Gasteiger partial charge in [0.05, 0.1) is 13.0 Å². The Balaban J connectivity index is 2.10. The number of carbonyl (C=O) groups excluding carboxylic acids is 1. The van der Waals surface area contributed by atoms with Crippen LogP contribution in [0.4, 0.5) is 0 Å². The van der Waals surface area contributed by atoms with E-state index in [2.05, 4.69) is 16.5 Å². The number of nitrogens with zero attached hydrogens (tertiary/aromatic N) is 1. The van der Waals surface area contributed by atoms with Crippen molar-refractivity contribution in [2.45, 2.75) is 6.61 Å². The van der Waals surface area contributed by atoms with Crippen molar-refractivity contribution in [2.24, 2.45) is 10.9 Å². The van der Waals surface area contributed by atoms with Crippen LogP contribution in [0.2, 0.25) is 0 Å². The van der Waals surface area contributed by atoms with Crippen LogP contribution in [0, 0.1) is 0 Å². The van der Waals surface area contributed by atoms with Crippen LogP contribution in [-0.2, 0) is 21.1 Å². The molecule has 0 saturated heterocycles. The van der Waals surface area contributed by atoms with Gasteiger partial charge in [-0.25, -0.2) is 0 Å². The molecule has 0 aliphatic carbocycles. The lowest BCUT2D eigenvalue weighted by Gasteiger charge is -2.05. The van der Waals surface area contributed by atoms with Crippen molar-refractivity contribution in [1.82, 2.24) is 5.48 Å². The van der Waals surface area contributed by atoms with Crippen molar-refractivity contribution in [1.29, 1.82) is 0 Å². The van der Waals surface area contributed by atoms with Crippen LogP contribution >= 0.6 is 0 Å². The van der Waals surface area contributed by atoms with Gasteiger partial charge in [0.25, 0.3) is 0 Å². The number of carbonyl (C=O) groups is 1. The standard InChI is InChI=1S/C19H19N3O3/c1-24-22-18(16-8-3-2-4-9-16)13-21-25-14-17-10-6-5-7-15(17)11-12-19(20)23/h2-12,22H,14H2,1H3,(H2,20,23). The van der Waals surface area contributed by atoms with Gasteiger partial charge in [0, 0.05) is 11.6 Å². The van der Waals surface area contributed by atoms with E-state index in [9.17, 15) is 4.79 Å². The van der Waals surface area contributed by atoms with Crippen LogP contribution in [0.3, 0.4) is 0 Å². The molecule has 2 aromatic carbocycles. The molecule has 0 saturated carbocycles. The van der Waals surface area contributed by atoms with E-state index in [0.29, 0.717) is 5.70 Å². The Labute approximate surface area is 146 Å². The fourth-order valence-corrected chi connectivity index (χ4v) is 2.03. The number of hydrogen-bond donors (Lipinski definition) is 2. The molecule has 0 aromatic heterocycles. The molecular weight excluding hydrogens is 318 g/mol. The summed E-state index contributed by atoms with van der Waals surface area (Å²) in [4.78, 5) is 21.1. The average Bonchev–Trinajstić information content (AvgIpc) is 2.64. The Bertz CT molecular complexity index is 795. The molecule has 0 atom stereocenters. The maximum atomic E-state index is 10.9. The summed E-state index contributed by atoms with van der Waals surface area (Å²) in [7, 11) is 1.51. The van der Waals surface area contributed by atoms with Gasteiger partial charge in [0.1, 0.15) is 12.3 Å². The van der Waals surface area contributed by atoms with Crippen LogP contribution in [0.1, 0.15) is 16.7 Å². The number of primary amides is 1. The smallest absolute Gasteiger partial charge is 0.241 e. The van der Waals surface area contributed by atoms with Crippen LogP contribution in [-0.4, -0.2) is 18.9 Å². The van der Waals surface area contributed by atoms with E-state index in [1.807, 2.05) is 54.6 Å². The zero-order chi connectivity index (χ0) is 17.9. The third-order valence-corrected chi connectivity index (χ3v) is 3.19. The minimum Gasteiger partial charge on any atom is -0.384 e. The molecule has 0 aliphatic heterocycles. The van der Waals surface area contributed by atoms with Gasteiger partial charge in [-0.15, -0.1) is 0 Å². The summed E-state index contributed by atoms with van der Waals surface area (Å²) >= 11 is 0. The third-order valence-electron chi connectivity index (χ3n) is 3.19. The summed E-state index contributed by atoms with van der Waals surface area (Å²) in [5.41, 5.74) is 10.9. The number of hydroxylamine groups is 1. The number of rotatable bonds is 8. The van der Waals surface area contributed by atoms with E-state index in [1.165, 1.54) is 13.2 Å². The fourth-order valence-electron chi connectivity index (χ4n) is 2.03. The number of nitrogens with two attached hydrogens (primary N) is 1. The van der Waals surface area contributed by atoms with Crippen molar-refractivity contribution in [3.63, 3.8) is 0 Å². The van der Waals surface area contributed by atoms with Gasteiger partial charge in [-0.2, -0.15) is 0 Å². The highest BCUT2D eigenvalue weighted by Crippen LogP contribution is 2.12. The molecule has 128 valence electrons. The molecule has 0 unspecified atom stereocenters. The van der Waals surface area contributed by atoms with E-state index in [1.54, 1.807) is 6.08 Å². The summed E-state index contributed by atoms with van der Waals surface area (Å²) in [6.45, 7) is 0.224. The summed E-state index contributed by atoms with van der Waals surface area (Å²) in [5.74, 6) is 2.26. The first-order chi connectivity index (χ1) is 12.2. The van der Waals surface area contributed by atoms with Crippen molar-refractivity contribution in [2.75, 3.05) is 7.11 Å². The van der Waals surface area contributed by atoms with Gasteiger partial charge >= 0.3 is 0 Å². The molecule has 0 heterocycles. The van der Waals surface area contributed by atoms with Crippen molar-refractivity contribution in [3.05, 3.63) is 77.4 Å². The monoisotopic (exact) mass is 337 g/mol. The molecule has 6 nitrogen and oxygen atoms in total. The van der Waals surface area contributed by atoms with Gasteiger partial charge in [-0.1, -0.05) is 54.6 Å². The van der Waals surface area contributed by atoms with Crippen LogP contribution in [0.25, 0.3) is 11.8 Å². The second-order valence-corrected chi connectivity index (χ2v) is 4.96. The first kappa shape index (κ1) is 18.0. The predicted molar refractivity (Wildman–Crippen MR) is 96.9 cm³/mol. The Morgan fingerprint density at radius 3 is 2.64 bits per heavy atom. The normalized spacial score (nSPS) is 10.1. The van der Waals surface area contributed by atoms with E-state index in [4.69, 9.17) is 15.4 Å². The maximum Gasteiger partial charge on any atom is 0.241 e. The van der Waals surface area contributed by atoms with Gasteiger partial charge in [-0.05, 0) is 22.4 Å². The largest absolute Gasteiger partial charge is 0.384 e. The lowest BCUT2D eigenvalue weighted by Crippen LogP contribution is -2.10. The Morgan fingerprint density at radius 1 is 1.20 bits per heavy atom. The minimum absolute atomic E-state index is 0.224. The summed E-state index contributed by atoms with van der Waals surface area (Å²) in [6.07, 6.45) is 2.94. The number of nitrogens with one attached hydrogen (secondary N) is 1. The van der Waals surface area contributed by atoms with Crippen molar-refractivity contribution >= 4 is 23.6 Å². The molecular formula is C19H19N3O3. The Morgan fingerprint density at radius 2 is 1.92 bits per heavy atom. The predicted octanol–water partition coefficient (Wildman–Crippen LogP) is 2.48. The number of amides is 1. The highest BCUT2D eigenvalue weighted by atomic mass is 16.6. The average molecular weight is 337 g/mol. The zero-order valence-electron chi connectivity index (χ0n) is 13.8. The number of benzene rings is 2. The molecule has 0 aliphatic rings. The number of hydrogen-bond acceptors (Lipinski definition) is 5. The Kier molecular flexibility index (Phi) is 7.00. The lowest BCUT2D eigenvalue weighted by molar-refractivity contribution is -0.113. The van der Waals surface area contributed by atoms with E-state index in [-0.39, 0.29) is 6.61 Å². The summed E-state index contributed by atoms with van der Waals surface area (Å²) < 4.78 is 0. The lowest BCUT2D eigenvalue weighted by atomic mass is 10.1. The summed E-state index contributed by atoms with van der Waals surface area (Å²) in [6, 6.07) is 17.0. The quantitative estimate of drug-likeness (QED) is 0.440. The molecule has 3 N–H and O–H groups in total. The Hall–Kier alpha value is -3.34. The highest BCUT2D eigenvalue weighted by Gasteiger charge is 2.01. The third kappa shape index (κ3) is 5.99. The second kappa shape index (κ2) is 9.72. The van der Waals surface area contributed by atoms with E-state index < -0.39 is 5.91 Å². The molecule has 1 amide bonds. The molecule has 6 heteroatoms. The molecule has 0 spiro atoms. The molecule has 2 aromatic rings. The molecule has 2 rings (SSSR count). The first-order valence-corrected chi connectivity index (χ1v) is 7.55. The molecule has 0 radical (unpaired) electrons. The molecule has 0 fully saturated rings. The first-order valence-electron chi connectivity index (χ1n) is 7.55. The topological polar surface area (TPSA) is 85.9 Å². The van der Waals surface area contributed by atoms with Crippen molar-refractivity contribution in [3.8, 4) is 0 Å².